The smallest absolute Gasteiger partial charge is 0.246 e. The van der Waals surface area contributed by atoms with E-state index in [4.69, 9.17) is 0 Å². The zero-order chi connectivity index (χ0) is 20.6. The summed E-state index contributed by atoms with van der Waals surface area (Å²) in [7, 11) is -2.06. The molecule has 0 radical (unpaired) electrons. The molecule has 2 aromatic rings. The fourth-order valence-electron chi connectivity index (χ4n) is 3.55. The van der Waals surface area contributed by atoms with Crippen molar-refractivity contribution >= 4 is 15.6 Å². The SMILES string of the molecule is Cc1nn(C)c(C)c1S(=O)(=O)N1CCC(=C(C#N)c2c(F)cccc2F)CC1. The molecule has 0 amide bonds. The Morgan fingerprint density at radius 3 is 2.21 bits per heavy atom. The van der Waals surface area contributed by atoms with Crippen LogP contribution in [0.15, 0.2) is 28.7 Å². The number of hydrogen-bond acceptors (Lipinski definition) is 4. The Morgan fingerprint density at radius 1 is 1.18 bits per heavy atom. The quantitative estimate of drug-likeness (QED) is 0.734. The second-order valence-electron chi connectivity index (χ2n) is 6.71. The van der Waals surface area contributed by atoms with Crippen LogP contribution in [0.3, 0.4) is 0 Å². The van der Waals surface area contributed by atoms with Crippen molar-refractivity contribution in [2.24, 2.45) is 7.05 Å². The van der Waals surface area contributed by atoms with Crippen LogP contribution in [0.25, 0.3) is 5.57 Å². The monoisotopic (exact) mass is 406 g/mol. The van der Waals surface area contributed by atoms with E-state index in [1.807, 2.05) is 6.07 Å². The zero-order valence-corrected chi connectivity index (χ0v) is 16.6. The number of aromatic nitrogens is 2. The fraction of sp³-hybridized carbons (Fsp3) is 0.368. The van der Waals surface area contributed by atoms with Gasteiger partial charge in [-0.2, -0.15) is 14.7 Å². The van der Waals surface area contributed by atoms with Crippen molar-refractivity contribution in [3.8, 4) is 6.07 Å². The summed E-state index contributed by atoms with van der Waals surface area (Å²) in [5, 5.41) is 13.6. The third-order valence-electron chi connectivity index (χ3n) is 5.04. The minimum absolute atomic E-state index is 0.0543. The maximum Gasteiger partial charge on any atom is 0.246 e. The number of aryl methyl sites for hydroxylation is 2. The Morgan fingerprint density at radius 2 is 1.75 bits per heavy atom. The number of sulfonamides is 1. The highest BCUT2D eigenvalue weighted by molar-refractivity contribution is 7.89. The highest BCUT2D eigenvalue weighted by Gasteiger charge is 2.33. The van der Waals surface area contributed by atoms with Crippen LogP contribution in [0.2, 0.25) is 0 Å². The van der Waals surface area contributed by atoms with Gasteiger partial charge in [-0.15, -0.1) is 0 Å². The number of halogens is 2. The van der Waals surface area contributed by atoms with Crippen molar-refractivity contribution in [1.82, 2.24) is 14.1 Å². The highest BCUT2D eigenvalue weighted by atomic mass is 32.2. The number of benzene rings is 1. The molecule has 2 heterocycles. The molecule has 1 aromatic heterocycles. The summed E-state index contributed by atoms with van der Waals surface area (Å²) in [6.45, 7) is 3.60. The van der Waals surface area contributed by atoms with Gasteiger partial charge in [0.05, 0.1) is 28.6 Å². The van der Waals surface area contributed by atoms with Crippen molar-refractivity contribution in [2.75, 3.05) is 13.1 Å². The summed E-state index contributed by atoms with van der Waals surface area (Å²) in [4.78, 5) is 0.183. The van der Waals surface area contributed by atoms with Crippen LogP contribution >= 0.6 is 0 Å². The van der Waals surface area contributed by atoms with E-state index in [1.165, 1.54) is 15.1 Å². The fourth-order valence-corrected chi connectivity index (χ4v) is 5.39. The number of nitriles is 1. The number of nitrogens with zero attached hydrogens (tertiary/aromatic N) is 4. The van der Waals surface area contributed by atoms with Crippen LogP contribution in [0.1, 0.15) is 29.8 Å². The van der Waals surface area contributed by atoms with Gasteiger partial charge in [0, 0.05) is 20.1 Å². The Kier molecular flexibility index (Phi) is 5.37. The lowest BCUT2D eigenvalue weighted by Gasteiger charge is -2.28. The number of piperidine rings is 1. The van der Waals surface area contributed by atoms with Crippen LogP contribution in [0, 0.1) is 36.8 Å². The van der Waals surface area contributed by atoms with Gasteiger partial charge in [0.2, 0.25) is 10.0 Å². The molecular weight excluding hydrogens is 386 g/mol. The molecule has 0 N–H and O–H groups in total. The lowest BCUT2D eigenvalue weighted by molar-refractivity contribution is 0.387. The van der Waals surface area contributed by atoms with Crippen LogP contribution in [-0.2, 0) is 17.1 Å². The average Bonchev–Trinajstić information content (AvgIpc) is 2.91. The summed E-state index contributed by atoms with van der Waals surface area (Å²) in [5.41, 5.74) is 1.12. The molecule has 1 fully saturated rings. The predicted molar refractivity (Wildman–Crippen MR) is 99.6 cm³/mol. The average molecular weight is 406 g/mol. The molecule has 148 valence electrons. The first-order valence-electron chi connectivity index (χ1n) is 8.75. The Bertz CT molecular complexity index is 1080. The molecule has 0 atom stereocenters. The summed E-state index contributed by atoms with van der Waals surface area (Å²) in [6, 6.07) is 5.33. The van der Waals surface area contributed by atoms with E-state index >= 15 is 0 Å². The molecule has 0 aliphatic carbocycles. The molecule has 28 heavy (non-hydrogen) atoms. The van der Waals surface area contributed by atoms with Gasteiger partial charge in [-0.05, 0) is 44.4 Å². The summed E-state index contributed by atoms with van der Waals surface area (Å²) < 4.78 is 57.1. The van der Waals surface area contributed by atoms with Gasteiger partial charge >= 0.3 is 0 Å². The minimum atomic E-state index is -3.74. The van der Waals surface area contributed by atoms with Crippen LogP contribution in [0.4, 0.5) is 8.78 Å². The Labute approximate surface area is 162 Å². The molecule has 1 aliphatic heterocycles. The van der Waals surface area contributed by atoms with Crippen molar-refractivity contribution in [3.05, 3.63) is 52.4 Å². The molecular formula is C19H20F2N4O2S. The number of allylic oxidation sites excluding steroid dienone is 1. The molecule has 0 bridgehead atoms. The second kappa shape index (κ2) is 7.45. The van der Waals surface area contributed by atoms with E-state index in [1.54, 1.807) is 20.9 Å². The number of hydrogen-bond donors (Lipinski definition) is 0. The first-order valence-corrected chi connectivity index (χ1v) is 10.2. The summed E-state index contributed by atoms with van der Waals surface area (Å²) >= 11 is 0. The molecule has 0 saturated carbocycles. The Balaban J connectivity index is 1.92. The van der Waals surface area contributed by atoms with Crippen molar-refractivity contribution in [1.29, 1.82) is 5.26 Å². The molecule has 1 aromatic carbocycles. The van der Waals surface area contributed by atoms with E-state index in [0.29, 0.717) is 17.0 Å². The van der Waals surface area contributed by atoms with Crippen molar-refractivity contribution < 1.29 is 17.2 Å². The van der Waals surface area contributed by atoms with Gasteiger partial charge in [-0.25, -0.2) is 17.2 Å². The first kappa shape index (κ1) is 20.2. The van der Waals surface area contributed by atoms with Gasteiger partial charge < -0.3 is 0 Å². The van der Waals surface area contributed by atoms with E-state index in [-0.39, 0.29) is 42.0 Å². The topological polar surface area (TPSA) is 79.0 Å². The third-order valence-corrected chi connectivity index (χ3v) is 7.20. The highest BCUT2D eigenvalue weighted by Crippen LogP contribution is 2.32. The van der Waals surface area contributed by atoms with Gasteiger partial charge in [0.1, 0.15) is 16.5 Å². The largest absolute Gasteiger partial charge is 0.271 e. The lowest BCUT2D eigenvalue weighted by atomic mass is 9.94. The third kappa shape index (κ3) is 3.34. The molecule has 6 nitrogen and oxygen atoms in total. The van der Waals surface area contributed by atoms with Crippen molar-refractivity contribution in [2.45, 2.75) is 31.6 Å². The van der Waals surface area contributed by atoms with E-state index in [0.717, 1.165) is 12.1 Å². The van der Waals surface area contributed by atoms with E-state index in [9.17, 15) is 22.5 Å². The van der Waals surface area contributed by atoms with E-state index in [2.05, 4.69) is 5.10 Å². The molecule has 0 unspecified atom stereocenters. The number of rotatable bonds is 3. The summed E-state index contributed by atoms with van der Waals surface area (Å²) in [6.07, 6.45) is 0.461. The molecule has 0 spiro atoms. The normalized spacial score (nSPS) is 15.5. The van der Waals surface area contributed by atoms with Crippen molar-refractivity contribution in [3.63, 3.8) is 0 Å². The lowest BCUT2D eigenvalue weighted by Crippen LogP contribution is -2.37. The summed E-state index contributed by atoms with van der Waals surface area (Å²) in [5.74, 6) is -1.61. The molecule has 1 saturated heterocycles. The first-order chi connectivity index (χ1) is 13.2. The standard InChI is InChI=1S/C19H20F2N4O2S/c1-12-19(13(2)24(3)23-12)28(26,27)25-9-7-14(8-10-25)15(11-22)18-16(20)5-4-6-17(18)21/h4-6H,7-10H2,1-3H3. The van der Waals surface area contributed by atoms with Crippen LogP contribution < -0.4 is 0 Å². The molecule has 1 aliphatic rings. The minimum Gasteiger partial charge on any atom is -0.271 e. The van der Waals surface area contributed by atoms with Gasteiger partial charge in [0.15, 0.2) is 0 Å². The molecule has 9 heteroatoms. The predicted octanol–water partition coefficient (Wildman–Crippen LogP) is 3.08. The molecule has 3 rings (SSSR count). The maximum atomic E-state index is 14.1. The van der Waals surface area contributed by atoms with E-state index < -0.39 is 21.7 Å². The van der Waals surface area contributed by atoms with Gasteiger partial charge in [-0.1, -0.05) is 6.07 Å². The Hall–Kier alpha value is -2.57. The van der Waals surface area contributed by atoms with Crippen LogP contribution in [0.5, 0.6) is 0 Å². The van der Waals surface area contributed by atoms with Crippen LogP contribution in [-0.4, -0.2) is 35.6 Å². The van der Waals surface area contributed by atoms with Gasteiger partial charge in [-0.3, -0.25) is 4.68 Å². The van der Waals surface area contributed by atoms with Gasteiger partial charge in [0.25, 0.3) is 0 Å². The maximum absolute atomic E-state index is 14.1. The zero-order valence-electron chi connectivity index (χ0n) is 15.8. The second-order valence-corrected chi connectivity index (χ2v) is 8.59.